The predicted octanol–water partition coefficient (Wildman–Crippen LogP) is 21.4. The van der Waals surface area contributed by atoms with Crippen molar-refractivity contribution in [3.8, 4) is 0 Å². The molecule has 0 aromatic heterocycles. The van der Waals surface area contributed by atoms with Gasteiger partial charge in [0, 0.05) is 25.7 Å². The van der Waals surface area contributed by atoms with Crippen molar-refractivity contribution >= 4 is 39.5 Å². The summed E-state index contributed by atoms with van der Waals surface area (Å²) in [7, 11) is -9.91. The highest BCUT2D eigenvalue weighted by molar-refractivity contribution is 7.47. The molecule has 17 nitrogen and oxygen atoms in total. The average Bonchev–Trinajstić information content (AvgIpc) is 2.09. The summed E-state index contributed by atoms with van der Waals surface area (Å²) < 4.78 is 68.4. The summed E-state index contributed by atoms with van der Waals surface area (Å²) in [6.45, 7) is 11.9. The molecule has 93 heavy (non-hydrogen) atoms. The van der Waals surface area contributed by atoms with Crippen molar-refractivity contribution in [3.05, 3.63) is 0 Å². The Labute approximate surface area is 568 Å². The molecule has 6 atom stereocenters. The fraction of sp³-hybridized carbons (Fsp3) is 0.946. The standard InChI is InChI=1S/C74H144O17P2/c1-8-10-11-12-13-26-33-41-48-55-71(76)84-62-70(91-74(79)58-51-44-37-36-40-47-54-67(7)9-2)64-89-93(82,83)87-60-68(75)59-86-92(80,81)88-63-69(61-85-72(77)56-49-42-34-29-24-21-20-23-28-32-39-46-53-66(5)6)90-73(78)57-50-43-35-30-25-19-17-15-14-16-18-22-27-31-38-45-52-65(3)4/h65-70,75H,8-64H2,1-7H3,(H,80,81)(H,82,83)/t67?,68-,69-,70-/m1/s1. The number of phosphoric ester groups is 2. The molecule has 0 aromatic rings. The van der Waals surface area contributed by atoms with E-state index >= 15 is 0 Å². The van der Waals surface area contributed by atoms with Crippen molar-refractivity contribution < 1.29 is 80.2 Å². The molecule has 3 unspecified atom stereocenters. The number of aliphatic hydroxyl groups excluding tert-OH is 1. The maximum atomic E-state index is 13.1. The molecule has 0 radical (unpaired) electrons. The second kappa shape index (κ2) is 64.7. The highest BCUT2D eigenvalue weighted by Gasteiger charge is 2.30. The Kier molecular flexibility index (Phi) is 63.4. The van der Waals surface area contributed by atoms with E-state index in [0.29, 0.717) is 25.7 Å². The molecule has 0 fully saturated rings. The molecule has 0 aliphatic carbocycles. The zero-order chi connectivity index (χ0) is 68.7. The molecule has 19 heteroatoms. The maximum absolute atomic E-state index is 13.1. The molecule has 0 heterocycles. The zero-order valence-electron chi connectivity index (χ0n) is 60.7. The number of hydrogen-bond acceptors (Lipinski definition) is 15. The van der Waals surface area contributed by atoms with Gasteiger partial charge in [-0.2, -0.15) is 0 Å². The molecule has 0 amide bonds. The molecule has 0 aliphatic heterocycles. The van der Waals surface area contributed by atoms with Gasteiger partial charge in [0.2, 0.25) is 0 Å². The topological polar surface area (TPSA) is 237 Å². The van der Waals surface area contributed by atoms with Crippen molar-refractivity contribution in [3.63, 3.8) is 0 Å². The van der Waals surface area contributed by atoms with E-state index in [1.807, 2.05) is 0 Å². The van der Waals surface area contributed by atoms with E-state index in [-0.39, 0.29) is 25.7 Å². The van der Waals surface area contributed by atoms with E-state index in [1.165, 1.54) is 186 Å². The fourth-order valence-electron chi connectivity index (χ4n) is 11.2. The van der Waals surface area contributed by atoms with Gasteiger partial charge in [0.15, 0.2) is 12.2 Å². The lowest BCUT2D eigenvalue weighted by Crippen LogP contribution is -2.30. The Morgan fingerprint density at radius 1 is 0.312 bits per heavy atom. The van der Waals surface area contributed by atoms with Gasteiger partial charge in [-0.1, -0.05) is 325 Å². The number of unbranched alkanes of at least 4 members (excludes halogenated alkanes) is 39. The summed E-state index contributed by atoms with van der Waals surface area (Å²) in [5, 5.41) is 10.6. The van der Waals surface area contributed by atoms with E-state index in [9.17, 15) is 43.2 Å². The summed E-state index contributed by atoms with van der Waals surface area (Å²) >= 11 is 0. The van der Waals surface area contributed by atoms with Crippen molar-refractivity contribution in [1.82, 2.24) is 0 Å². The number of esters is 4. The molecule has 0 saturated carbocycles. The molecule has 0 aromatic carbocycles. The van der Waals surface area contributed by atoms with Gasteiger partial charge < -0.3 is 33.8 Å². The van der Waals surface area contributed by atoms with Crippen LogP contribution in [-0.4, -0.2) is 96.7 Å². The molecule has 3 N–H and O–H groups in total. The third-order valence-electron chi connectivity index (χ3n) is 17.5. The predicted molar refractivity (Wildman–Crippen MR) is 377 cm³/mol. The summed E-state index contributed by atoms with van der Waals surface area (Å²) in [5.74, 6) is 0.187. The Bertz CT molecular complexity index is 1820. The quantitative estimate of drug-likeness (QED) is 0.0222. The minimum absolute atomic E-state index is 0.103. The number of carbonyl (C=O) groups excluding carboxylic acids is 4. The van der Waals surface area contributed by atoms with Gasteiger partial charge >= 0.3 is 39.5 Å². The lowest BCUT2D eigenvalue weighted by atomic mass is 10.00. The van der Waals surface area contributed by atoms with Crippen LogP contribution >= 0.6 is 15.6 Å². The highest BCUT2D eigenvalue weighted by Crippen LogP contribution is 2.45. The van der Waals surface area contributed by atoms with Crippen LogP contribution in [0.1, 0.15) is 376 Å². The summed E-state index contributed by atoms with van der Waals surface area (Å²) in [5.41, 5.74) is 0. The molecule has 0 aliphatic rings. The van der Waals surface area contributed by atoms with Crippen LogP contribution in [-0.2, 0) is 65.4 Å². The SMILES string of the molecule is CCCCCCCCCCCC(=O)OC[C@H](COP(=O)(O)OC[C@H](O)COP(=O)(O)OC[C@@H](COC(=O)CCCCCCCCCCCCCCC(C)C)OC(=O)CCCCCCCCCCCCCCCCCCC(C)C)OC(=O)CCCCCCCCC(C)CC. The van der Waals surface area contributed by atoms with Crippen LogP contribution < -0.4 is 0 Å². The van der Waals surface area contributed by atoms with E-state index in [0.717, 1.165) is 108 Å². The van der Waals surface area contributed by atoms with Gasteiger partial charge in [0.25, 0.3) is 0 Å². The number of carbonyl (C=O) groups is 4. The Balaban J connectivity index is 5.21. The highest BCUT2D eigenvalue weighted by atomic mass is 31.2. The minimum Gasteiger partial charge on any atom is -0.462 e. The molecule has 0 bridgehead atoms. The Hall–Kier alpha value is -1.94. The van der Waals surface area contributed by atoms with Gasteiger partial charge in [-0.25, -0.2) is 9.13 Å². The largest absolute Gasteiger partial charge is 0.472 e. The van der Waals surface area contributed by atoms with E-state index in [2.05, 4.69) is 48.5 Å². The van der Waals surface area contributed by atoms with Gasteiger partial charge in [-0.05, 0) is 43.4 Å². The molecular formula is C74H144O17P2. The van der Waals surface area contributed by atoms with Crippen LogP contribution in [0.15, 0.2) is 0 Å². The summed E-state index contributed by atoms with van der Waals surface area (Å²) in [6, 6.07) is 0. The van der Waals surface area contributed by atoms with E-state index in [4.69, 9.17) is 37.0 Å². The molecule has 0 rings (SSSR count). The van der Waals surface area contributed by atoms with E-state index in [1.54, 1.807) is 0 Å². The lowest BCUT2D eigenvalue weighted by molar-refractivity contribution is -0.161. The van der Waals surface area contributed by atoms with Crippen molar-refractivity contribution in [2.45, 2.75) is 394 Å². The third kappa shape index (κ3) is 67.0. The lowest BCUT2D eigenvalue weighted by Gasteiger charge is -2.21. The first-order valence-corrected chi connectivity index (χ1v) is 41.4. The molecule has 0 saturated heterocycles. The normalized spacial score (nSPS) is 14.4. The van der Waals surface area contributed by atoms with E-state index < -0.39 is 97.5 Å². The second-order valence-corrected chi connectivity index (χ2v) is 30.8. The van der Waals surface area contributed by atoms with Crippen LogP contribution in [0.2, 0.25) is 0 Å². The number of hydrogen-bond donors (Lipinski definition) is 3. The molecule has 0 spiro atoms. The van der Waals surface area contributed by atoms with Gasteiger partial charge in [0.05, 0.1) is 26.4 Å². The minimum atomic E-state index is -4.96. The van der Waals surface area contributed by atoms with Crippen LogP contribution in [0.5, 0.6) is 0 Å². The van der Waals surface area contributed by atoms with Gasteiger partial charge in [-0.3, -0.25) is 37.3 Å². The number of ether oxygens (including phenoxy) is 4. The van der Waals surface area contributed by atoms with Crippen LogP contribution in [0.3, 0.4) is 0 Å². The number of phosphoric acid groups is 2. The average molecular weight is 1370 g/mol. The van der Waals surface area contributed by atoms with Crippen molar-refractivity contribution in [2.24, 2.45) is 17.8 Å². The fourth-order valence-corrected chi connectivity index (χ4v) is 12.8. The summed E-state index contributed by atoms with van der Waals surface area (Å²) in [6.07, 6.45) is 50.0. The van der Waals surface area contributed by atoms with Gasteiger partial charge in [0.1, 0.15) is 19.3 Å². The second-order valence-electron chi connectivity index (χ2n) is 27.9. The maximum Gasteiger partial charge on any atom is 0.472 e. The number of aliphatic hydroxyl groups is 1. The summed E-state index contributed by atoms with van der Waals surface area (Å²) in [4.78, 5) is 72.6. The Morgan fingerprint density at radius 2 is 0.548 bits per heavy atom. The van der Waals surface area contributed by atoms with Crippen LogP contribution in [0.25, 0.3) is 0 Å². The first-order valence-electron chi connectivity index (χ1n) is 38.4. The first kappa shape index (κ1) is 91.1. The third-order valence-corrected chi connectivity index (χ3v) is 19.4. The molecular weight excluding hydrogens is 1220 g/mol. The van der Waals surface area contributed by atoms with Crippen molar-refractivity contribution in [2.75, 3.05) is 39.6 Å². The first-order chi connectivity index (χ1) is 44.8. The Morgan fingerprint density at radius 3 is 0.817 bits per heavy atom. The van der Waals surface area contributed by atoms with Crippen LogP contribution in [0, 0.1) is 17.8 Å². The zero-order valence-corrected chi connectivity index (χ0v) is 62.5. The van der Waals surface area contributed by atoms with Crippen molar-refractivity contribution in [1.29, 1.82) is 0 Å². The smallest absolute Gasteiger partial charge is 0.462 e. The van der Waals surface area contributed by atoms with Gasteiger partial charge in [-0.15, -0.1) is 0 Å². The van der Waals surface area contributed by atoms with Crippen LogP contribution in [0.4, 0.5) is 0 Å². The molecule has 552 valence electrons. The monoisotopic (exact) mass is 1370 g/mol. The number of rotatable bonds is 72.